The molecule has 2 aromatic rings. The molecule has 0 bridgehead atoms. The van der Waals surface area contributed by atoms with E-state index in [1.165, 1.54) is 17.8 Å². The minimum atomic E-state index is 1.06. The summed E-state index contributed by atoms with van der Waals surface area (Å²) < 4.78 is 2.39. The van der Waals surface area contributed by atoms with Crippen molar-refractivity contribution in [3.8, 4) is 0 Å². The van der Waals surface area contributed by atoms with E-state index in [1.807, 2.05) is 0 Å². The van der Waals surface area contributed by atoms with E-state index in [1.54, 1.807) is 0 Å². The molecule has 0 aliphatic rings. The minimum absolute atomic E-state index is 1.06. The third-order valence-electron chi connectivity index (χ3n) is 3.19. The van der Waals surface area contributed by atoms with Crippen molar-refractivity contribution in [1.29, 1.82) is 0 Å². The van der Waals surface area contributed by atoms with Crippen LogP contribution in [0.5, 0.6) is 0 Å². The van der Waals surface area contributed by atoms with Crippen LogP contribution in [0, 0.1) is 0 Å². The fraction of sp³-hybridized carbons (Fsp3) is 0.533. The first-order chi connectivity index (χ1) is 8.72. The highest BCUT2D eigenvalue weighted by Crippen LogP contribution is 2.17. The largest absolute Gasteiger partial charge is 0.328 e. The van der Waals surface area contributed by atoms with Crippen LogP contribution in [0.3, 0.4) is 0 Å². The van der Waals surface area contributed by atoms with Crippen molar-refractivity contribution in [3.63, 3.8) is 0 Å². The third-order valence-corrected chi connectivity index (χ3v) is 3.19. The molecule has 0 atom stereocenters. The molecule has 0 aliphatic carbocycles. The number of nitrogens with zero attached hydrogens (tertiary/aromatic N) is 3. The Labute approximate surface area is 109 Å². The van der Waals surface area contributed by atoms with E-state index in [0.717, 1.165) is 31.4 Å². The highest BCUT2D eigenvalue weighted by atomic mass is 15.1. The van der Waals surface area contributed by atoms with Crippen molar-refractivity contribution < 1.29 is 0 Å². The van der Waals surface area contributed by atoms with E-state index < -0.39 is 0 Å². The molecular weight excluding hydrogens is 222 g/mol. The average Bonchev–Trinajstić information content (AvgIpc) is 2.68. The summed E-state index contributed by atoms with van der Waals surface area (Å²) in [5.74, 6) is 1.23. The first-order valence-electron chi connectivity index (χ1n) is 6.81. The van der Waals surface area contributed by atoms with E-state index >= 15 is 0 Å². The number of para-hydroxylation sites is 2. The maximum absolute atomic E-state index is 4.75. The number of hydrogen-bond acceptors (Lipinski definition) is 2. The average molecular weight is 245 g/mol. The van der Waals surface area contributed by atoms with Crippen LogP contribution in [0.2, 0.25) is 0 Å². The summed E-state index contributed by atoms with van der Waals surface area (Å²) in [5, 5.41) is 0. The first kappa shape index (κ1) is 13.1. The van der Waals surface area contributed by atoms with Crippen LogP contribution in [0.25, 0.3) is 11.0 Å². The smallest absolute Gasteiger partial charge is 0.109 e. The van der Waals surface area contributed by atoms with E-state index in [9.17, 15) is 0 Å². The zero-order valence-electron chi connectivity index (χ0n) is 11.7. The van der Waals surface area contributed by atoms with Crippen LogP contribution in [0.15, 0.2) is 24.3 Å². The minimum Gasteiger partial charge on any atom is -0.328 e. The van der Waals surface area contributed by atoms with Gasteiger partial charge in [-0.15, -0.1) is 0 Å². The second kappa shape index (κ2) is 6.01. The van der Waals surface area contributed by atoms with Crippen LogP contribution < -0.4 is 0 Å². The molecule has 0 saturated heterocycles. The Morgan fingerprint density at radius 2 is 2.00 bits per heavy atom. The van der Waals surface area contributed by atoms with Gasteiger partial charge in [0.25, 0.3) is 0 Å². The van der Waals surface area contributed by atoms with Crippen molar-refractivity contribution in [2.24, 2.45) is 0 Å². The topological polar surface area (TPSA) is 21.1 Å². The fourth-order valence-electron chi connectivity index (χ4n) is 2.33. The van der Waals surface area contributed by atoms with Crippen molar-refractivity contribution >= 4 is 11.0 Å². The van der Waals surface area contributed by atoms with Gasteiger partial charge in [-0.2, -0.15) is 0 Å². The summed E-state index contributed by atoms with van der Waals surface area (Å²) in [6.07, 6.45) is 3.39. The van der Waals surface area contributed by atoms with Crippen molar-refractivity contribution in [3.05, 3.63) is 30.1 Å². The van der Waals surface area contributed by atoms with Crippen molar-refractivity contribution in [1.82, 2.24) is 14.5 Å². The van der Waals surface area contributed by atoms with Gasteiger partial charge < -0.3 is 9.47 Å². The van der Waals surface area contributed by atoms with Gasteiger partial charge in [0.1, 0.15) is 5.82 Å². The van der Waals surface area contributed by atoms with Gasteiger partial charge in [-0.05, 0) is 45.6 Å². The molecular formula is C15H23N3. The number of aryl methyl sites for hydroxylation is 2. The third kappa shape index (κ3) is 2.91. The SMILES string of the molecule is CCCc1nc2ccccc2n1CCCN(C)C. The lowest BCUT2D eigenvalue weighted by Crippen LogP contribution is -2.15. The molecule has 3 heteroatoms. The maximum Gasteiger partial charge on any atom is 0.109 e. The zero-order chi connectivity index (χ0) is 13.0. The fourth-order valence-corrected chi connectivity index (χ4v) is 2.33. The normalized spacial score (nSPS) is 11.6. The van der Waals surface area contributed by atoms with Gasteiger partial charge in [-0.1, -0.05) is 19.1 Å². The van der Waals surface area contributed by atoms with E-state index in [4.69, 9.17) is 4.98 Å². The van der Waals surface area contributed by atoms with E-state index in [-0.39, 0.29) is 0 Å². The summed E-state index contributed by atoms with van der Waals surface area (Å²) in [7, 11) is 4.25. The number of benzene rings is 1. The van der Waals surface area contributed by atoms with Gasteiger partial charge in [0, 0.05) is 13.0 Å². The second-order valence-electron chi connectivity index (χ2n) is 5.08. The van der Waals surface area contributed by atoms with Gasteiger partial charge in [0.2, 0.25) is 0 Å². The van der Waals surface area contributed by atoms with Gasteiger partial charge in [0.05, 0.1) is 11.0 Å². The van der Waals surface area contributed by atoms with Crippen LogP contribution in [0.4, 0.5) is 0 Å². The molecule has 0 amide bonds. The van der Waals surface area contributed by atoms with E-state index in [2.05, 4.69) is 54.8 Å². The molecule has 0 aliphatic heterocycles. The summed E-state index contributed by atoms with van der Waals surface area (Å²) in [6, 6.07) is 8.45. The maximum atomic E-state index is 4.75. The monoisotopic (exact) mass is 245 g/mol. The lowest BCUT2D eigenvalue weighted by atomic mass is 10.3. The molecule has 1 heterocycles. The Bertz CT molecular complexity index is 499. The Kier molecular flexibility index (Phi) is 4.37. The molecule has 0 N–H and O–H groups in total. The lowest BCUT2D eigenvalue weighted by Gasteiger charge is -2.12. The van der Waals surface area contributed by atoms with Gasteiger partial charge in [0.15, 0.2) is 0 Å². The van der Waals surface area contributed by atoms with Crippen LogP contribution in [-0.4, -0.2) is 35.1 Å². The predicted molar refractivity (Wildman–Crippen MR) is 76.9 cm³/mol. The van der Waals surface area contributed by atoms with Gasteiger partial charge in [-0.25, -0.2) is 4.98 Å². The highest BCUT2D eigenvalue weighted by molar-refractivity contribution is 5.75. The number of imidazole rings is 1. The Morgan fingerprint density at radius 1 is 1.22 bits per heavy atom. The van der Waals surface area contributed by atoms with Crippen LogP contribution in [0.1, 0.15) is 25.6 Å². The Balaban J connectivity index is 2.24. The van der Waals surface area contributed by atoms with E-state index in [0.29, 0.717) is 0 Å². The Morgan fingerprint density at radius 3 is 2.72 bits per heavy atom. The molecule has 98 valence electrons. The number of aromatic nitrogens is 2. The summed E-state index contributed by atoms with van der Waals surface area (Å²) in [5.41, 5.74) is 2.41. The first-order valence-corrected chi connectivity index (χ1v) is 6.81. The molecule has 0 saturated carbocycles. The summed E-state index contributed by atoms with van der Waals surface area (Å²) in [4.78, 5) is 6.98. The molecule has 0 fully saturated rings. The number of fused-ring (bicyclic) bond motifs is 1. The Hall–Kier alpha value is -1.35. The zero-order valence-corrected chi connectivity index (χ0v) is 11.7. The number of rotatable bonds is 6. The highest BCUT2D eigenvalue weighted by Gasteiger charge is 2.08. The van der Waals surface area contributed by atoms with Gasteiger partial charge >= 0.3 is 0 Å². The molecule has 18 heavy (non-hydrogen) atoms. The van der Waals surface area contributed by atoms with Crippen molar-refractivity contribution in [2.45, 2.75) is 32.7 Å². The van der Waals surface area contributed by atoms with Crippen molar-refractivity contribution in [2.75, 3.05) is 20.6 Å². The summed E-state index contributed by atoms with van der Waals surface area (Å²) >= 11 is 0. The lowest BCUT2D eigenvalue weighted by molar-refractivity contribution is 0.386. The van der Waals surface area contributed by atoms with Crippen LogP contribution >= 0.6 is 0 Å². The molecule has 2 rings (SSSR count). The molecule has 0 unspecified atom stereocenters. The predicted octanol–water partition coefficient (Wildman–Crippen LogP) is 2.94. The standard InChI is InChI=1S/C15H23N3/c1-4-8-15-16-13-9-5-6-10-14(13)18(15)12-7-11-17(2)3/h5-6,9-10H,4,7-8,11-12H2,1-3H3. The molecule has 0 spiro atoms. The molecule has 1 aromatic heterocycles. The van der Waals surface area contributed by atoms with Crippen LogP contribution in [-0.2, 0) is 13.0 Å². The second-order valence-corrected chi connectivity index (χ2v) is 5.08. The molecule has 0 radical (unpaired) electrons. The molecule has 1 aromatic carbocycles. The number of hydrogen-bond donors (Lipinski definition) is 0. The molecule has 3 nitrogen and oxygen atoms in total. The van der Waals surface area contributed by atoms with Gasteiger partial charge in [-0.3, -0.25) is 0 Å². The summed E-state index contributed by atoms with van der Waals surface area (Å²) in [6.45, 7) is 4.40. The quantitative estimate of drug-likeness (QED) is 0.780.